The van der Waals surface area contributed by atoms with E-state index in [0.29, 0.717) is 13.2 Å². The lowest BCUT2D eigenvalue weighted by atomic mass is 10.3. The second kappa shape index (κ2) is 6.84. The third-order valence-electron chi connectivity index (χ3n) is 1.89. The molecule has 16 heavy (non-hydrogen) atoms. The molecule has 0 aromatic heterocycles. The van der Waals surface area contributed by atoms with Gasteiger partial charge in [0.2, 0.25) is 5.91 Å². The molecule has 2 amide bonds. The normalized spacial score (nSPS) is 11.1. The van der Waals surface area contributed by atoms with Crippen molar-refractivity contribution in [3.05, 3.63) is 11.8 Å². The maximum absolute atomic E-state index is 11.4. The Morgan fingerprint density at radius 2 is 1.88 bits per heavy atom. The van der Waals surface area contributed by atoms with Gasteiger partial charge in [-0.15, -0.1) is 0 Å². The summed E-state index contributed by atoms with van der Waals surface area (Å²) in [6.45, 7) is 0.799. The van der Waals surface area contributed by atoms with Crippen molar-refractivity contribution in [3.63, 3.8) is 0 Å². The number of methoxy groups -OCH3 is 1. The first kappa shape index (κ1) is 14.4. The highest BCUT2D eigenvalue weighted by atomic mass is 16.5. The van der Waals surface area contributed by atoms with Crippen LogP contribution in [0, 0.1) is 0 Å². The SMILES string of the molecule is COCCN(C)C(=O)C=C(O)C(=O)N(C)C. The molecule has 0 aromatic rings. The van der Waals surface area contributed by atoms with E-state index in [1.54, 1.807) is 7.05 Å². The molecule has 1 N–H and O–H groups in total. The number of amides is 2. The Labute approximate surface area is 95.1 Å². The summed E-state index contributed by atoms with van der Waals surface area (Å²) in [5, 5.41) is 9.32. The minimum absolute atomic E-state index is 0.398. The number of hydrogen-bond acceptors (Lipinski definition) is 4. The summed E-state index contributed by atoms with van der Waals surface area (Å²) >= 11 is 0. The van der Waals surface area contributed by atoms with Crippen molar-refractivity contribution in [1.82, 2.24) is 9.80 Å². The molecule has 0 atom stereocenters. The number of carbonyl (C=O) groups is 2. The Kier molecular flexibility index (Phi) is 6.17. The van der Waals surface area contributed by atoms with E-state index in [2.05, 4.69) is 0 Å². The zero-order valence-corrected chi connectivity index (χ0v) is 10.1. The van der Waals surface area contributed by atoms with Crippen molar-refractivity contribution in [2.45, 2.75) is 0 Å². The lowest BCUT2D eigenvalue weighted by molar-refractivity contribution is -0.129. The Bertz CT molecular complexity index is 287. The number of carbonyl (C=O) groups excluding carboxylic acids is 2. The van der Waals surface area contributed by atoms with Crippen molar-refractivity contribution < 1.29 is 19.4 Å². The van der Waals surface area contributed by atoms with Crippen LogP contribution in [0.5, 0.6) is 0 Å². The molecule has 0 spiro atoms. The van der Waals surface area contributed by atoms with Crippen LogP contribution in [-0.2, 0) is 14.3 Å². The van der Waals surface area contributed by atoms with E-state index in [9.17, 15) is 14.7 Å². The molecule has 0 aliphatic carbocycles. The summed E-state index contributed by atoms with van der Waals surface area (Å²) in [6, 6.07) is 0. The number of rotatable bonds is 5. The van der Waals surface area contributed by atoms with E-state index in [-0.39, 0.29) is 0 Å². The fourth-order valence-electron chi connectivity index (χ4n) is 0.856. The molecule has 0 aromatic carbocycles. The van der Waals surface area contributed by atoms with Crippen LogP contribution >= 0.6 is 0 Å². The lowest BCUT2D eigenvalue weighted by Gasteiger charge is -2.15. The molecule has 6 heteroatoms. The van der Waals surface area contributed by atoms with E-state index in [1.807, 2.05) is 0 Å². The maximum atomic E-state index is 11.4. The molecule has 0 saturated carbocycles. The number of hydrogen-bond donors (Lipinski definition) is 1. The zero-order chi connectivity index (χ0) is 12.7. The second-order valence-electron chi connectivity index (χ2n) is 3.48. The topological polar surface area (TPSA) is 70.1 Å². The predicted molar refractivity (Wildman–Crippen MR) is 58.9 cm³/mol. The first-order chi connectivity index (χ1) is 7.40. The molecule has 0 saturated heterocycles. The van der Waals surface area contributed by atoms with Gasteiger partial charge in [-0.25, -0.2) is 0 Å². The molecule has 0 aliphatic rings. The first-order valence-electron chi connectivity index (χ1n) is 4.76. The molecule has 0 radical (unpaired) electrons. The largest absolute Gasteiger partial charge is 0.503 e. The van der Waals surface area contributed by atoms with Gasteiger partial charge in [-0.05, 0) is 0 Å². The Morgan fingerprint density at radius 1 is 1.31 bits per heavy atom. The van der Waals surface area contributed by atoms with Gasteiger partial charge < -0.3 is 19.6 Å². The molecular weight excluding hydrogens is 212 g/mol. The average Bonchev–Trinajstić information content (AvgIpc) is 2.24. The Morgan fingerprint density at radius 3 is 2.31 bits per heavy atom. The number of aliphatic hydroxyl groups is 1. The molecule has 0 unspecified atom stereocenters. The molecule has 0 rings (SSSR count). The summed E-state index contributed by atoms with van der Waals surface area (Å²) in [4.78, 5) is 25.2. The molecular formula is C10H18N2O4. The number of ether oxygens (including phenoxy) is 1. The van der Waals surface area contributed by atoms with Crippen molar-refractivity contribution in [3.8, 4) is 0 Å². The van der Waals surface area contributed by atoms with Crippen LogP contribution in [0.25, 0.3) is 0 Å². The van der Waals surface area contributed by atoms with Crippen LogP contribution in [-0.4, -0.2) is 68.1 Å². The van der Waals surface area contributed by atoms with Crippen molar-refractivity contribution in [2.75, 3.05) is 41.4 Å². The van der Waals surface area contributed by atoms with E-state index in [4.69, 9.17) is 4.74 Å². The third kappa shape index (κ3) is 4.79. The Hall–Kier alpha value is -1.56. The van der Waals surface area contributed by atoms with Gasteiger partial charge in [-0.3, -0.25) is 9.59 Å². The third-order valence-corrected chi connectivity index (χ3v) is 1.89. The lowest BCUT2D eigenvalue weighted by Crippen LogP contribution is -2.30. The molecule has 0 aliphatic heterocycles. The van der Waals surface area contributed by atoms with Crippen LogP contribution in [0.1, 0.15) is 0 Å². The van der Waals surface area contributed by atoms with Gasteiger partial charge >= 0.3 is 0 Å². The van der Waals surface area contributed by atoms with E-state index < -0.39 is 17.6 Å². The van der Waals surface area contributed by atoms with Gasteiger partial charge in [-0.1, -0.05) is 0 Å². The van der Waals surface area contributed by atoms with Gasteiger partial charge in [0, 0.05) is 34.8 Å². The average molecular weight is 230 g/mol. The Balaban J connectivity index is 4.40. The van der Waals surface area contributed by atoms with E-state index in [0.717, 1.165) is 6.08 Å². The summed E-state index contributed by atoms with van der Waals surface area (Å²) in [6.07, 6.45) is 0.901. The molecule has 0 heterocycles. The smallest absolute Gasteiger partial charge is 0.288 e. The van der Waals surface area contributed by atoms with Crippen LogP contribution in [0.15, 0.2) is 11.8 Å². The number of aliphatic hydroxyl groups excluding tert-OH is 1. The highest BCUT2D eigenvalue weighted by Gasteiger charge is 2.13. The van der Waals surface area contributed by atoms with Crippen LogP contribution in [0.4, 0.5) is 0 Å². The van der Waals surface area contributed by atoms with Gasteiger partial charge in [0.1, 0.15) is 0 Å². The number of nitrogens with zero attached hydrogens (tertiary/aromatic N) is 2. The summed E-state index contributed by atoms with van der Waals surface area (Å²) in [7, 11) is 6.07. The van der Waals surface area contributed by atoms with Gasteiger partial charge in [0.15, 0.2) is 5.76 Å². The highest BCUT2D eigenvalue weighted by molar-refractivity contribution is 5.98. The fourth-order valence-corrected chi connectivity index (χ4v) is 0.856. The van der Waals surface area contributed by atoms with Gasteiger partial charge in [0.05, 0.1) is 12.7 Å². The van der Waals surface area contributed by atoms with Crippen molar-refractivity contribution in [1.29, 1.82) is 0 Å². The van der Waals surface area contributed by atoms with E-state index in [1.165, 1.54) is 31.0 Å². The van der Waals surface area contributed by atoms with Crippen LogP contribution in [0.3, 0.4) is 0 Å². The summed E-state index contributed by atoms with van der Waals surface area (Å²) < 4.78 is 4.80. The summed E-state index contributed by atoms with van der Waals surface area (Å²) in [5.74, 6) is -1.61. The predicted octanol–water partition coefficient (Wildman–Crippen LogP) is -0.379. The summed E-state index contributed by atoms with van der Waals surface area (Å²) in [5.41, 5.74) is 0. The maximum Gasteiger partial charge on any atom is 0.288 e. The van der Waals surface area contributed by atoms with Crippen molar-refractivity contribution in [2.24, 2.45) is 0 Å². The molecule has 0 bridgehead atoms. The zero-order valence-electron chi connectivity index (χ0n) is 10.1. The monoisotopic (exact) mass is 230 g/mol. The highest BCUT2D eigenvalue weighted by Crippen LogP contribution is 1.96. The minimum Gasteiger partial charge on any atom is -0.503 e. The van der Waals surface area contributed by atoms with Crippen molar-refractivity contribution >= 4 is 11.8 Å². The molecule has 0 fully saturated rings. The standard InChI is InChI=1S/C10H18N2O4/c1-11(2)10(15)8(13)7-9(14)12(3)5-6-16-4/h7,13H,5-6H2,1-4H3. The van der Waals surface area contributed by atoms with E-state index >= 15 is 0 Å². The fraction of sp³-hybridized carbons (Fsp3) is 0.600. The number of likely N-dealkylation sites (N-methyl/N-ethyl adjacent to an activating group) is 2. The van der Waals surface area contributed by atoms with Gasteiger partial charge in [0.25, 0.3) is 5.91 Å². The minimum atomic E-state index is -0.603. The molecule has 6 nitrogen and oxygen atoms in total. The van der Waals surface area contributed by atoms with Gasteiger partial charge in [-0.2, -0.15) is 0 Å². The van der Waals surface area contributed by atoms with Crippen LogP contribution in [0.2, 0.25) is 0 Å². The van der Waals surface area contributed by atoms with Crippen LogP contribution < -0.4 is 0 Å². The quantitative estimate of drug-likeness (QED) is 0.516. The molecule has 92 valence electrons. The second-order valence-corrected chi connectivity index (χ2v) is 3.48. The first-order valence-corrected chi connectivity index (χ1v) is 4.76.